The number of rotatable bonds is 0. The molecule has 0 bridgehead atoms. The van der Waals surface area contributed by atoms with Gasteiger partial charge in [0.25, 0.3) is 0 Å². The third-order valence-electron chi connectivity index (χ3n) is 0. The Hall–Kier alpha value is 1.75. The molecular weight excluding hydrogens is 202 g/mol. The van der Waals surface area contributed by atoms with Gasteiger partial charge in [0.1, 0.15) is 0 Å². The van der Waals surface area contributed by atoms with E-state index in [1.165, 1.54) is 0 Å². The first-order chi connectivity index (χ1) is 2.00. The summed E-state index contributed by atoms with van der Waals surface area (Å²) in [5.74, 6) is 0. The molecule has 0 aliphatic carbocycles. The Kier molecular flexibility index (Phi) is 13.4. The fourth-order valence-corrected chi connectivity index (χ4v) is 0. The summed E-state index contributed by atoms with van der Waals surface area (Å²) in [7, 11) is -5.17. The summed E-state index contributed by atoms with van der Waals surface area (Å²) < 4.78 is 34.1. The minimum Gasteiger partial charge on any atom is -0.759 e. The third kappa shape index (κ3) is 83.5. The fourth-order valence-electron chi connectivity index (χ4n) is 0. The van der Waals surface area contributed by atoms with Gasteiger partial charge in [-0.2, -0.15) is 0 Å². The molecule has 7 heavy (non-hydrogen) atoms. The van der Waals surface area contributed by atoms with Crippen molar-refractivity contribution >= 4 is 48.1 Å². The van der Waals surface area contributed by atoms with Crippen molar-refractivity contribution in [2.24, 2.45) is 0 Å². The van der Waals surface area contributed by atoms with Gasteiger partial charge in [-0.1, -0.05) is 0 Å². The van der Waals surface area contributed by atoms with Crippen molar-refractivity contribution in [3.8, 4) is 0 Å². The van der Waals surface area contributed by atoms with Gasteiger partial charge in [-0.25, -0.2) is 0 Å². The molecule has 0 radical (unpaired) electrons. The maximum atomic E-state index is 8.52. The van der Waals surface area contributed by atoms with Crippen LogP contribution in [0, 0.1) is 0 Å². The second-order valence-corrected chi connectivity index (χ2v) is 1.22. The van der Waals surface area contributed by atoms with Gasteiger partial charge in [0.2, 0.25) is 0 Å². The molecule has 0 saturated carbocycles. The number of hydrogen-bond acceptors (Lipinski definition) is 4. The van der Waals surface area contributed by atoms with Crippen molar-refractivity contribution in [3.63, 3.8) is 0 Å². The van der Waals surface area contributed by atoms with E-state index in [-0.39, 0.29) is 57.2 Å². The molecule has 4 nitrogen and oxygen atoms in total. The Morgan fingerprint density at radius 2 is 1.14 bits per heavy atom. The summed E-state index contributed by atoms with van der Waals surface area (Å²) in [6.45, 7) is 0. The molecule has 0 atom stereocenters. The second kappa shape index (κ2) is 5.88. The van der Waals surface area contributed by atoms with E-state index in [0.29, 0.717) is 0 Å². The van der Waals surface area contributed by atoms with E-state index in [1.807, 2.05) is 0 Å². The molecule has 0 saturated heterocycles. The summed E-state index contributed by atoms with van der Waals surface area (Å²) in [6.07, 6.45) is 0. The van der Waals surface area contributed by atoms with E-state index in [2.05, 4.69) is 0 Å². The summed E-state index contributed by atoms with van der Waals surface area (Å²) in [5, 5.41) is 0. The molecule has 34 valence electrons. The van der Waals surface area contributed by atoms with E-state index in [4.69, 9.17) is 17.5 Å². The molecule has 0 aromatic heterocycles. The predicted molar refractivity (Wildman–Crippen MR) is 16.2 cm³/mol. The molecule has 0 aliphatic rings. The van der Waals surface area contributed by atoms with Gasteiger partial charge < -0.3 is 9.11 Å². The molecule has 0 aromatic carbocycles. The van der Waals surface area contributed by atoms with Gasteiger partial charge in [-0.15, -0.1) is 0 Å². The topological polar surface area (TPSA) is 80.3 Å². The van der Waals surface area contributed by atoms with Crippen molar-refractivity contribution in [3.05, 3.63) is 0 Å². The van der Waals surface area contributed by atoms with E-state index < -0.39 is 10.4 Å². The zero-order valence-corrected chi connectivity index (χ0v) is 9.45. The summed E-state index contributed by atoms with van der Waals surface area (Å²) >= 11 is 0. The van der Waals surface area contributed by atoms with E-state index >= 15 is 0 Å². The summed E-state index contributed by atoms with van der Waals surface area (Å²) in [5.41, 5.74) is 0. The van der Waals surface area contributed by atoms with Crippen LogP contribution in [0.25, 0.3) is 0 Å². The standard InChI is InChI=1S/Ca.H2O4S.Zn/c;1-5(2,3)4;/h;(H2,1,2,3,4);/q+2;;/p-2. The fraction of sp³-hybridized carbons (Fsp3) is 0. The van der Waals surface area contributed by atoms with Crippen LogP contribution in [-0.2, 0) is 29.9 Å². The predicted octanol–water partition coefficient (Wildman–Crippen LogP) is -1.72. The van der Waals surface area contributed by atoms with Gasteiger partial charge in [0.15, 0.2) is 0 Å². The van der Waals surface area contributed by atoms with Gasteiger partial charge >= 0.3 is 37.7 Å². The second-order valence-electron chi connectivity index (χ2n) is 0.408. The first-order valence-corrected chi connectivity index (χ1v) is 2.00. The smallest absolute Gasteiger partial charge is 0.759 e. The Bertz CT molecular complexity index is 94.9. The molecule has 0 spiro atoms. The van der Waals surface area contributed by atoms with Crippen LogP contribution in [0.4, 0.5) is 0 Å². The zero-order chi connectivity index (χ0) is 4.50. The summed E-state index contributed by atoms with van der Waals surface area (Å²) in [4.78, 5) is 0. The van der Waals surface area contributed by atoms with E-state index in [9.17, 15) is 0 Å². The Balaban J connectivity index is -0.0000000800. The first kappa shape index (κ1) is 15.9. The van der Waals surface area contributed by atoms with Crippen LogP contribution in [0.5, 0.6) is 0 Å². The molecule has 0 amide bonds. The molecule has 0 N–H and O–H groups in total. The van der Waals surface area contributed by atoms with Crippen LogP contribution in [0.15, 0.2) is 0 Å². The molecule has 0 unspecified atom stereocenters. The van der Waals surface area contributed by atoms with Gasteiger partial charge in [0.05, 0.1) is 0 Å². The van der Waals surface area contributed by atoms with Gasteiger partial charge in [0, 0.05) is 29.9 Å². The minimum atomic E-state index is -5.17. The third-order valence-corrected chi connectivity index (χ3v) is 0. The van der Waals surface area contributed by atoms with Crippen molar-refractivity contribution in [1.29, 1.82) is 0 Å². The molecule has 0 fully saturated rings. The molecule has 0 heterocycles. The number of hydrogen-bond donors (Lipinski definition) is 0. The van der Waals surface area contributed by atoms with Crippen molar-refractivity contribution in [1.82, 2.24) is 0 Å². The Morgan fingerprint density at radius 3 is 1.14 bits per heavy atom. The van der Waals surface area contributed by atoms with E-state index in [1.54, 1.807) is 0 Å². The average Bonchev–Trinajstić information content (AvgIpc) is 0.722. The zero-order valence-electron chi connectivity index (χ0n) is 3.46. The van der Waals surface area contributed by atoms with E-state index in [0.717, 1.165) is 0 Å². The molecule has 0 aromatic rings. The minimum absolute atomic E-state index is 0. The average molecular weight is 202 g/mol. The molecule has 0 rings (SSSR count). The maximum Gasteiger partial charge on any atom is 2.00 e. The van der Waals surface area contributed by atoms with Crippen LogP contribution >= 0.6 is 0 Å². The van der Waals surface area contributed by atoms with Crippen LogP contribution in [0.2, 0.25) is 0 Å². The molecule has 7 heteroatoms. The largest absolute Gasteiger partial charge is 2.00 e. The van der Waals surface area contributed by atoms with Gasteiger partial charge in [-0.05, 0) is 0 Å². The van der Waals surface area contributed by atoms with Crippen LogP contribution in [-0.4, -0.2) is 55.3 Å². The normalized spacial score (nSPS) is 8.29. The van der Waals surface area contributed by atoms with Crippen molar-refractivity contribution < 1.29 is 37.0 Å². The van der Waals surface area contributed by atoms with Crippen LogP contribution in [0.3, 0.4) is 0 Å². The maximum absolute atomic E-state index is 8.52. The van der Waals surface area contributed by atoms with Crippen LogP contribution < -0.4 is 0 Å². The van der Waals surface area contributed by atoms with Crippen molar-refractivity contribution in [2.75, 3.05) is 0 Å². The van der Waals surface area contributed by atoms with Gasteiger partial charge in [-0.3, -0.25) is 8.42 Å². The molecule has 0 aliphatic heterocycles. The first-order valence-electron chi connectivity index (χ1n) is 0.667. The Labute approximate surface area is 84.0 Å². The quantitative estimate of drug-likeness (QED) is 0.265. The van der Waals surface area contributed by atoms with Crippen LogP contribution in [0.1, 0.15) is 0 Å². The SMILES string of the molecule is O=S(=O)([O-])[O-].[Ca+2].[Zn]. The Morgan fingerprint density at radius 1 is 1.14 bits per heavy atom. The molecular formula is CaO4SZn. The van der Waals surface area contributed by atoms with Crippen molar-refractivity contribution in [2.45, 2.75) is 0 Å². The summed E-state index contributed by atoms with van der Waals surface area (Å²) in [6, 6.07) is 0. The monoisotopic (exact) mass is 200 g/mol.